The van der Waals surface area contributed by atoms with Crippen molar-refractivity contribution in [2.24, 2.45) is 5.73 Å². The zero-order chi connectivity index (χ0) is 14.4. The van der Waals surface area contributed by atoms with Crippen molar-refractivity contribution in [1.29, 1.82) is 0 Å². The number of esters is 1. The minimum Gasteiger partial charge on any atom is -0.461 e. The van der Waals surface area contributed by atoms with E-state index in [4.69, 9.17) is 10.5 Å². The fraction of sp³-hybridized carbons (Fsp3) is 0.812. The van der Waals surface area contributed by atoms with E-state index in [1.165, 1.54) is 19.3 Å². The summed E-state index contributed by atoms with van der Waals surface area (Å²) in [6.45, 7) is 3.51. The lowest BCUT2D eigenvalue weighted by Gasteiger charge is -2.37. The minimum absolute atomic E-state index is 0.0480. The van der Waals surface area contributed by atoms with Gasteiger partial charge in [0.05, 0.1) is 0 Å². The Hall–Kier alpha value is -0.870. The minimum atomic E-state index is -0.143. The summed E-state index contributed by atoms with van der Waals surface area (Å²) in [6.07, 6.45) is 11.9. The van der Waals surface area contributed by atoms with Gasteiger partial charge in [-0.25, -0.2) is 0 Å². The molecule has 2 atom stereocenters. The standard InChI is InChI=1S/C16H28N2O2/c1-2-15(18-11-7-6-8-13(18)12-17)16(19)20-14-9-4-3-5-10-14/h6,8,13-15H,2-5,7,9-12,17H2,1H3. The number of rotatable bonds is 5. The van der Waals surface area contributed by atoms with Gasteiger partial charge in [-0.1, -0.05) is 25.5 Å². The van der Waals surface area contributed by atoms with Crippen LogP contribution in [0.4, 0.5) is 0 Å². The quantitative estimate of drug-likeness (QED) is 0.620. The van der Waals surface area contributed by atoms with Crippen molar-refractivity contribution in [3.63, 3.8) is 0 Å². The van der Waals surface area contributed by atoms with Crippen LogP contribution >= 0.6 is 0 Å². The Morgan fingerprint density at radius 2 is 2.15 bits per heavy atom. The first-order valence-corrected chi connectivity index (χ1v) is 8.09. The van der Waals surface area contributed by atoms with E-state index < -0.39 is 0 Å². The summed E-state index contributed by atoms with van der Waals surface area (Å²) in [5, 5.41) is 0. The van der Waals surface area contributed by atoms with Gasteiger partial charge in [0.25, 0.3) is 0 Å². The highest BCUT2D eigenvalue weighted by Gasteiger charge is 2.32. The summed E-state index contributed by atoms with van der Waals surface area (Å²) in [5.74, 6) is -0.0480. The number of hydrogen-bond donors (Lipinski definition) is 1. The normalized spacial score (nSPS) is 26.4. The summed E-state index contributed by atoms with van der Waals surface area (Å²) >= 11 is 0. The van der Waals surface area contributed by atoms with E-state index in [0.717, 1.165) is 32.2 Å². The molecule has 2 unspecified atom stereocenters. The van der Waals surface area contributed by atoms with Crippen LogP contribution < -0.4 is 5.73 Å². The van der Waals surface area contributed by atoms with Crippen LogP contribution in [-0.4, -0.2) is 42.1 Å². The van der Waals surface area contributed by atoms with E-state index in [1.807, 2.05) is 0 Å². The molecule has 0 radical (unpaired) electrons. The highest BCUT2D eigenvalue weighted by atomic mass is 16.5. The molecule has 1 saturated carbocycles. The van der Waals surface area contributed by atoms with E-state index in [2.05, 4.69) is 24.0 Å². The summed E-state index contributed by atoms with van der Waals surface area (Å²) < 4.78 is 5.74. The average Bonchev–Trinajstić information content (AvgIpc) is 2.49. The van der Waals surface area contributed by atoms with Gasteiger partial charge >= 0.3 is 5.97 Å². The number of ether oxygens (including phenoxy) is 1. The number of nitrogens with two attached hydrogens (primary N) is 1. The van der Waals surface area contributed by atoms with Crippen molar-refractivity contribution in [3.8, 4) is 0 Å². The van der Waals surface area contributed by atoms with Crippen LogP contribution in [0.3, 0.4) is 0 Å². The van der Waals surface area contributed by atoms with Crippen molar-refractivity contribution in [1.82, 2.24) is 4.90 Å². The fourth-order valence-electron chi connectivity index (χ4n) is 3.32. The first kappa shape index (κ1) is 15.5. The molecule has 0 spiro atoms. The number of carbonyl (C=O) groups is 1. The molecule has 1 aliphatic heterocycles. The predicted molar refractivity (Wildman–Crippen MR) is 80.3 cm³/mol. The molecule has 0 saturated heterocycles. The maximum Gasteiger partial charge on any atom is 0.323 e. The maximum absolute atomic E-state index is 12.5. The molecular weight excluding hydrogens is 252 g/mol. The summed E-state index contributed by atoms with van der Waals surface area (Å²) in [5.41, 5.74) is 5.83. The van der Waals surface area contributed by atoms with E-state index in [0.29, 0.717) is 6.54 Å². The lowest BCUT2D eigenvalue weighted by molar-refractivity contribution is -0.158. The van der Waals surface area contributed by atoms with Gasteiger partial charge < -0.3 is 10.5 Å². The molecule has 0 amide bonds. The van der Waals surface area contributed by atoms with E-state index in [9.17, 15) is 4.79 Å². The van der Waals surface area contributed by atoms with Crippen LogP contribution in [0.5, 0.6) is 0 Å². The molecule has 0 aromatic heterocycles. The summed E-state index contributed by atoms with van der Waals surface area (Å²) in [7, 11) is 0. The Morgan fingerprint density at radius 1 is 1.40 bits per heavy atom. The van der Waals surface area contributed by atoms with E-state index >= 15 is 0 Å². The second-order valence-electron chi connectivity index (χ2n) is 5.88. The molecule has 114 valence electrons. The first-order valence-electron chi connectivity index (χ1n) is 8.09. The molecule has 2 aliphatic rings. The van der Waals surface area contributed by atoms with E-state index in [-0.39, 0.29) is 24.2 Å². The SMILES string of the molecule is CCC(C(=O)OC1CCCCC1)N1CCC=CC1CN. The zero-order valence-corrected chi connectivity index (χ0v) is 12.6. The molecule has 1 heterocycles. The predicted octanol–water partition coefficient (Wildman–Crippen LogP) is 2.23. The Labute approximate surface area is 122 Å². The van der Waals surface area contributed by atoms with Crippen molar-refractivity contribution < 1.29 is 9.53 Å². The first-order chi connectivity index (χ1) is 9.76. The topological polar surface area (TPSA) is 55.6 Å². The molecule has 1 aliphatic carbocycles. The largest absolute Gasteiger partial charge is 0.461 e. The number of hydrogen-bond acceptors (Lipinski definition) is 4. The van der Waals surface area contributed by atoms with Gasteiger partial charge in [0.15, 0.2) is 0 Å². The van der Waals surface area contributed by atoms with Crippen LogP contribution in [-0.2, 0) is 9.53 Å². The van der Waals surface area contributed by atoms with Gasteiger partial charge in [-0.15, -0.1) is 0 Å². The fourth-order valence-corrected chi connectivity index (χ4v) is 3.32. The molecule has 0 bridgehead atoms. The monoisotopic (exact) mass is 280 g/mol. The lowest BCUT2D eigenvalue weighted by atomic mass is 9.97. The molecule has 1 fully saturated rings. The average molecular weight is 280 g/mol. The smallest absolute Gasteiger partial charge is 0.323 e. The van der Waals surface area contributed by atoms with Crippen LogP contribution in [0, 0.1) is 0 Å². The highest BCUT2D eigenvalue weighted by molar-refractivity contribution is 5.76. The molecule has 20 heavy (non-hydrogen) atoms. The van der Waals surface area contributed by atoms with Crippen molar-refractivity contribution >= 4 is 5.97 Å². The third kappa shape index (κ3) is 3.83. The number of carbonyl (C=O) groups excluding carboxylic acids is 1. The maximum atomic E-state index is 12.5. The van der Waals surface area contributed by atoms with Crippen molar-refractivity contribution in [3.05, 3.63) is 12.2 Å². The van der Waals surface area contributed by atoms with E-state index in [1.54, 1.807) is 0 Å². The van der Waals surface area contributed by atoms with Gasteiger partial charge in [-0.05, 0) is 38.5 Å². The molecule has 2 N–H and O–H groups in total. The molecule has 4 nitrogen and oxygen atoms in total. The molecule has 4 heteroatoms. The molecule has 2 rings (SSSR count). The van der Waals surface area contributed by atoms with Crippen molar-refractivity contribution in [2.45, 2.75) is 70.1 Å². The molecule has 0 aromatic carbocycles. The van der Waals surface area contributed by atoms with Gasteiger partial charge in [0.2, 0.25) is 0 Å². The summed E-state index contributed by atoms with van der Waals surface area (Å²) in [4.78, 5) is 14.7. The Morgan fingerprint density at radius 3 is 2.80 bits per heavy atom. The van der Waals surface area contributed by atoms with Gasteiger partial charge in [0.1, 0.15) is 12.1 Å². The Kier molecular flexibility index (Phi) is 6.05. The van der Waals surface area contributed by atoms with Gasteiger partial charge in [0, 0.05) is 19.1 Å². The molecule has 0 aromatic rings. The number of nitrogens with zero attached hydrogens (tertiary/aromatic N) is 1. The Balaban J connectivity index is 1.95. The zero-order valence-electron chi connectivity index (χ0n) is 12.6. The third-order valence-corrected chi connectivity index (χ3v) is 4.47. The van der Waals surface area contributed by atoms with Crippen LogP contribution in [0.25, 0.3) is 0 Å². The van der Waals surface area contributed by atoms with Crippen LogP contribution in [0.1, 0.15) is 51.9 Å². The van der Waals surface area contributed by atoms with Crippen LogP contribution in [0.2, 0.25) is 0 Å². The van der Waals surface area contributed by atoms with Crippen LogP contribution in [0.15, 0.2) is 12.2 Å². The highest BCUT2D eigenvalue weighted by Crippen LogP contribution is 2.23. The lowest BCUT2D eigenvalue weighted by Crippen LogP contribution is -2.51. The second-order valence-corrected chi connectivity index (χ2v) is 5.88. The van der Waals surface area contributed by atoms with Gasteiger partial charge in [-0.3, -0.25) is 9.69 Å². The molecular formula is C16H28N2O2. The van der Waals surface area contributed by atoms with Gasteiger partial charge in [-0.2, -0.15) is 0 Å². The second kappa shape index (κ2) is 7.79. The van der Waals surface area contributed by atoms with Crippen molar-refractivity contribution in [2.75, 3.05) is 13.1 Å². The summed E-state index contributed by atoms with van der Waals surface area (Å²) in [6, 6.07) is 0.0306. The Bertz CT molecular complexity index is 337. The third-order valence-electron chi connectivity index (χ3n) is 4.47.